The first kappa shape index (κ1) is 56.2. The number of rotatable bonds is 8. The van der Waals surface area contributed by atoms with Crippen LogP contribution in [0.1, 0.15) is 0 Å². The van der Waals surface area contributed by atoms with Crippen LogP contribution in [0, 0.1) is 0 Å². The number of pyridine rings is 1. The second kappa shape index (κ2) is 23.3. The SMILES string of the molecule is c1ccc(-c2nc(-c3ccc4oc5ccc(-c6ccc7c8ccccc8c8ccccc8c7c6)cc5c4c3)nc(-c3ccccn3)n2)cc1.c1ccc(-c2nc(-c3ccccc3)nc(-c3ccc4oc5ccc(-c6ccc7c8ccccc8c8ccccc8c7c6)cc5c4c3)n2)cc1. The molecule has 0 saturated carbocycles. The smallest absolute Gasteiger partial charge is 0.182 e. The van der Waals surface area contributed by atoms with E-state index in [2.05, 4.69) is 187 Å². The van der Waals surface area contributed by atoms with E-state index in [9.17, 15) is 0 Å². The van der Waals surface area contributed by atoms with Crippen molar-refractivity contribution in [1.82, 2.24) is 34.9 Å². The fourth-order valence-electron chi connectivity index (χ4n) is 14.1. The van der Waals surface area contributed by atoms with E-state index < -0.39 is 0 Å². The van der Waals surface area contributed by atoms with E-state index in [1.54, 1.807) is 6.20 Å². The number of benzene rings is 15. The molecule has 0 atom stereocenters. The van der Waals surface area contributed by atoms with Crippen LogP contribution in [0.2, 0.25) is 0 Å². The maximum absolute atomic E-state index is 6.34. The summed E-state index contributed by atoms with van der Waals surface area (Å²) < 4.78 is 12.7. The first-order chi connectivity index (χ1) is 48.5. The standard InChI is InChI=1S/C45H27N3O.C44H26N4O/c1-3-11-28(12-4-1)43-46-44(29-13-5-2-6-14-29)48-45(47-43)32-21-24-42-40(27-32)39-26-31(20-23-41(39)49-42)30-19-22-37-35-17-8-7-15-33(35)34-16-9-10-18-36(34)38(37)25-30;1-2-10-27(11-3-1)42-46-43(48-44(47-42)39-16-8-9-23-45-39)30-19-22-41-38(26-30)37-25-29(18-21-40(37)49-41)28-17-20-35-33-14-5-4-12-31(33)32-13-6-7-15-34(32)36(35)24-28/h1-27H;1-26H. The van der Waals surface area contributed by atoms with Crippen LogP contribution in [0.15, 0.2) is 330 Å². The average molecular weight is 1250 g/mol. The van der Waals surface area contributed by atoms with Crippen LogP contribution < -0.4 is 0 Å². The van der Waals surface area contributed by atoms with Crippen molar-refractivity contribution < 1.29 is 8.83 Å². The Labute approximate surface area is 561 Å². The molecule has 0 spiro atoms. The monoisotopic (exact) mass is 1250 g/mol. The molecule has 0 radical (unpaired) electrons. The lowest BCUT2D eigenvalue weighted by Crippen LogP contribution is -2.00. The largest absolute Gasteiger partial charge is 0.456 e. The zero-order valence-corrected chi connectivity index (χ0v) is 52.5. The molecule has 15 aromatic carbocycles. The van der Waals surface area contributed by atoms with E-state index in [1.807, 2.05) is 133 Å². The van der Waals surface area contributed by atoms with Crippen molar-refractivity contribution in [2.24, 2.45) is 0 Å². The van der Waals surface area contributed by atoms with Gasteiger partial charge in [0.2, 0.25) is 0 Å². The van der Waals surface area contributed by atoms with Crippen molar-refractivity contribution in [3.05, 3.63) is 322 Å². The third-order valence-corrected chi connectivity index (χ3v) is 18.9. The number of hydrogen-bond donors (Lipinski definition) is 0. The molecule has 5 heterocycles. The summed E-state index contributed by atoms with van der Waals surface area (Å²) in [5.74, 6) is 3.60. The molecular weight excluding hydrogens is 1200 g/mol. The van der Waals surface area contributed by atoms with Gasteiger partial charge < -0.3 is 8.83 Å². The van der Waals surface area contributed by atoms with Gasteiger partial charge in [-0.25, -0.2) is 29.9 Å². The Morgan fingerprint density at radius 1 is 0.163 bits per heavy atom. The van der Waals surface area contributed by atoms with Crippen LogP contribution in [-0.4, -0.2) is 34.9 Å². The molecule has 20 rings (SSSR count). The van der Waals surface area contributed by atoms with Crippen LogP contribution >= 0.6 is 0 Å². The van der Waals surface area contributed by atoms with Gasteiger partial charge in [0.15, 0.2) is 34.9 Å². The highest BCUT2D eigenvalue weighted by molar-refractivity contribution is 6.27. The van der Waals surface area contributed by atoms with Crippen LogP contribution in [0.4, 0.5) is 0 Å². The minimum Gasteiger partial charge on any atom is -0.456 e. The van der Waals surface area contributed by atoms with Crippen molar-refractivity contribution in [3.8, 4) is 90.7 Å². The summed E-state index contributed by atoms with van der Waals surface area (Å²) in [6.07, 6.45) is 1.75. The highest BCUT2D eigenvalue weighted by Gasteiger charge is 2.20. The van der Waals surface area contributed by atoms with Crippen LogP contribution in [0.5, 0.6) is 0 Å². The first-order valence-corrected chi connectivity index (χ1v) is 32.7. The van der Waals surface area contributed by atoms with Gasteiger partial charge in [-0.1, -0.05) is 231 Å². The minimum atomic E-state index is 0.528. The normalized spacial score (nSPS) is 11.7. The summed E-state index contributed by atoms with van der Waals surface area (Å²) in [7, 11) is 0. The van der Waals surface area contributed by atoms with Crippen LogP contribution in [0.3, 0.4) is 0 Å². The molecule has 9 heteroatoms. The lowest BCUT2D eigenvalue weighted by molar-refractivity contribution is 0.668. The van der Waals surface area contributed by atoms with E-state index in [1.165, 1.54) is 64.6 Å². The summed E-state index contributed by atoms with van der Waals surface area (Å²) >= 11 is 0. The molecule has 9 nitrogen and oxygen atoms in total. The Hall–Kier alpha value is -13.4. The van der Waals surface area contributed by atoms with Gasteiger partial charge in [-0.15, -0.1) is 0 Å². The average Bonchev–Trinajstić information content (AvgIpc) is 0.833. The molecule has 0 bridgehead atoms. The van der Waals surface area contributed by atoms with Gasteiger partial charge in [0.1, 0.15) is 28.0 Å². The minimum absolute atomic E-state index is 0.528. The van der Waals surface area contributed by atoms with E-state index in [0.29, 0.717) is 40.6 Å². The van der Waals surface area contributed by atoms with Crippen molar-refractivity contribution in [3.63, 3.8) is 0 Å². The summed E-state index contributed by atoms with van der Waals surface area (Å²) in [5, 5.41) is 19.3. The van der Waals surface area contributed by atoms with Crippen LogP contribution in [0.25, 0.3) is 199 Å². The molecule has 0 saturated heterocycles. The molecule has 0 N–H and O–H groups in total. The Bertz CT molecular complexity index is 5970. The molecule has 0 aliphatic heterocycles. The van der Waals surface area contributed by atoms with Crippen LogP contribution in [-0.2, 0) is 0 Å². The van der Waals surface area contributed by atoms with Gasteiger partial charge in [-0.3, -0.25) is 4.98 Å². The molecule has 0 fully saturated rings. The topological polar surface area (TPSA) is 117 Å². The number of fused-ring (bicyclic) bond motifs is 18. The van der Waals surface area contributed by atoms with Gasteiger partial charge in [-0.05, 0) is 172 Å². The quantitative estimate of drug-likeness (QED) is 0.137. The lowest BCUT2D eigenvalue weighted by Gasteiger charge is -2.12. The third-order valence-electron chi connectivity index (χ3n) is 18.9. The van der Waals surface area contributed by atoms with Crippen molar-refractivity contribution in [2.45, 2.75) is 0 Å². The number of hydrogen-bond acceptors (Lipinski definition) is 9. The second-order valence-corrected chi connectivity index (χ2v) is 24.7. The van der Waals surface area contributed by atoms with E-state index >= 15 is 0 Å². The summed E-state index contributed by atoms with van der Waals surface area (Å²) in [5.41, 5.74) is 13.2. The molecule has 0 aliphatic carbocycles. The summed E-state index contributed by atoms with van der Waals surface area (Å²) in [4.78, 5) is 33.9. The Morgan fingerprint density at radius 2 is 0.408 bits per heavy atom. The molecule has 5 aromatic heterocycles. The predicted molar refractivity (Wildman–Crippen MR) is 401 cm³/mol. The van der Waals surface area contributed by atoms with Gasteiger partial charge in [0.05, 0.1) is 0 Å². The van der Waals surface area contributed by atoms with E-state index in [-0.39, 0.29) is 0 Å². The summed E-state index contributed by atoms with van der Waals surface area (Å²) in [6.45, 7) is 0. The number of furan rings is 2. The maximum Gasteiger partial charge on any atom is 0.182 e. The van der Waals surface area contributed by atoms with Gasteiger partial charge >= 0.3 is 0 Å². The van der Waals surface area contributed by atoms with Gasteiger partial charge in [0, 0.05) is 55.6 Å². The van der Waals surface area contributed by atoms with Crippen molar-refractivity contribution in [2.75, 3.05) is 0 Å². The van der Waals surface area contributed by atoms with E-state index in [4.69, 9.17) is 38.7 Å². The third kappa shape index (κ3) is 9.83. The molecular formula is C89H53N7O2. The fourth-order valence-corrected chi connectivity index (χ4v) is 14.1. The Morgan fingerprint density at radius 3 is 0.735 bits per heavy atom. The van der Waals surface area contributed by atoms with Crippen molar-refractivity contribution in [1.29, 1.82) is 0 Å². The lowest BCUT2D eigenvalue weighted by atomic mass is 9.92. The maximum atomic E-state index is 6.34. The Kier molecular flexibility index (Phi) is 13.3. The van der Waals surface area contributed by atoms with E-state index in [0.717, 1.165) is 93.9 Å². The Balaban J connectivity index is 0.000000137. The zero-order valence-electron chi connectivity index (χ0n) is 52.5. The molecule has 456 valence electrons. The highest BCUT2D eigenvalue weighted by atomic mass is 16.3. The first-order valence-electron chi connectivity index (χ1n) is 32.7. The fraction of sp³-hybridized carbons (Fsp3) is 0. The number of aromatic nitrogens is 7. The highest BCUT2D eigenvalue weighted by Crippen LogP contribution is 2.43. The van der Waals surface area contributed by atoms with Gasteiger partial charge in [0.25, 0.3) is 0 Å². The summed E-state index contributed by atoms with van der Waals surface area (Å²) in [6, 6.07) is 110. The molecule has 20 aromatic rings. The second-order valence-electron chi connectivity index (χ2n) is 24.7. The van der Waals surface area contributed by atoms with Crippen molar-refractivity contribution >= 4 is 109 Å². The van der Waals surface area contributed by atoms with Gasteiger partial charge in [-0.2, -0.15) is 0 Å². The zero-order chi connectivity index (χ0) is 64.6. The number of nitrogens with zero attached hydrogens (tertiary/aromatic N) is 7. The molecule has 98 heavy (non-hydrogen) atoms. The molecule has 0 aliphatic rings. The molecule has 0 unspecified atom stereocenters. The molecule has 0 amide bonds. The predicted octanol–water partition coefficient (Wildman–Crippen LogP) is 23.2.